The van der Waals surface area contributed by atoms with E-state index in [4.69, 9.17) is 11.6 Å². The summed E-state index contributed by atoms with van der Waals surface area (Å²) in [7, 11) is -7.08. The third kappa shape index (κ3) is 4.88. The van der Waals surface area contributed by atoms with E-state index in [-0.39, 0.29) is 28.0 Å². The topological polar surface area (TPSA) is 93.0 Å². The second-order valence-corrected chi connectivity index (χ2v) is 7.81. The third-order valence-electron chi connectivity index (χ3n) is 2.14. The van der Waals surface area contributed by atoms with Crippen LogP contribution < -0.4 is 0 Å². The predicted molar refractivity (Wildman–Crippen MR) is 76.9 cm³/mol. The molecule has 1 rings (SSSR count). The predicted octanol–water partition coefficient (Wildman–Crippen LogP) is 1.26. The zero-order valence-corrected chi connectivity index (χ0v) is 12.8. The van der Waals surface area contributed by atoms with E-state index in [0.29, 0.717) is 0 Å². The Hall–Kier alpha value is -0.990. The second kappa shape index (κ2) is 5.98. The molecular weight excluding hydrogens is 312 g/mol. The lowest BCUT2D eigenvalue weighted by atomic mass is 10.1. The number of allylic oxidation sites excluding steroid dienone is 4. The molecule has 0 unspecified atom stereocenters. The quantitative estimate of drug-likeness (QED) is 0.728. The van der Waals surface area contributed by atoms with E-state index >= 15 is 0 Å². The maximum absolute atomic E-state index is 11.3. The van der Waals surface area contributed by atoms with Crippen LogP contribution in [0.1, 0.15) is 13.8 Å². The van der Waals surface area contributed by atoms with Crippen molar-refractivity contribution in [3.05, 3.63) is 23.3 Å². The van der Waals surface area contributed by atoms with Gasteiger partial charge < -0.3 is 0 Å². The van der Waals surface area contributed by atoms with Gasteiger partial charge in [0.2, 0.25) is 0 Å². The second-order valence-electron chi connectivity index (χ2n) is 3.56. The Balaban J connectivity index is 3.14. The summed E-state index contributed by atoms with van der Waals surface area (Å²) in [5, 5.41) is 0.0320. The van der Waals surface area contributed by atoms with Gasteiger partial charge in [-0.15, -0.1) is 0 Å². The molecule has 0 saturated carbocycles. The summed E-state index contributed by atoms with van der Waals surface area (Å²) in [5.74, 6) is -0.263. The van der Waals surface area contributed by atoms with Crippen LogP contribution in [-0.2, 0) is 20.0 Å². The zero-order chi connectivity index (χ0) is 14.7. The molecule has 0 aromatic heterocycles. The van der Waals surface area contributed by atoms with Crippen LogP contribution in [-0.4, -0.2) is 39.8 Å². The molecule has 19 heavy (non-hydrogen) atoms. The molecule has 6 nitrogen and oxygen atoms in total. The van der Waals surface area contributed by atoms with Gasteiger partial charge in [-0.2, -0.15) is 8.80 Å². The molecule has 0 amide bonds. The molecule has 0 radical (unpaired) electrons. The van der Waals surface area contributed by atoms with Gasteiger partial charge in [-0.3, -0.25) is 0 Å². The van der Waals surface area contributed by atoms with Gasteiger partial charge in [0.25, 0.3) is 20.0 Å². The number of hydrogen-bond acceptors (Lipinski definition) is 4. The largest absolute Gasteiger partial charge is 0.253 e. The van der Waals surface area contributed by atoms with Crippen LogP contribution in [0, 0.1) is 0 Å². The van der Waals surface area contributed by atoms with Gasteiger partial charge in [0, 0.05) is 0 Å². The van der Waals surface area contributed by atoms with Gasteiger partial charge in [-0.25, -0.2) is 16.8 Å². The van der Waals surface area contributed by atoms with Crippen LogP contribution in [0.4, 0.5) is 0 Å². The summed E-state index contributed by atoms with van der Waals surface area (Å²) < 4.78 is 52.3. The standard InChI is InChI=1S/C10H13ClN2O4S2/c1-3-18(14,15)12-8-5-6-10(9(11)7-8)13-19(16,17)4-2/h5-7H,3-4H2,1-2H3. The molecule has 0 aromatic rings. The molecule has 1 aliphatic carbocycles. The minimum Gasteiger partial charge on any atom is -0.205 e. The summed E-state index contributed by atoms with van der Waals surface area (Å²) in [6.07, 6.45) is 3.93. The normalized spacial score (nSPS) is 20.9. The molecule has 0 bridgehead atoms. The first-order valence-corrected chi connectivity index (χ1v) is 8.99. The maximum atomic E-state index is 11.3. The highest BCUT2D eigenvalue weighted by molar-refractivity contribution is 7.90. The van der Waals surface area contributed by atoms with Crippen LogP contribution in [0.3, 0.4) is 0 Å². The van der Waals surface area contributed by atoms with Gasteiger partial charge >= 0.3 is 0 Å². The van der Waals surface area contributed by atoms with Crippen molar-refractivity contribution in [2.75, 3.05) is 11.5 Å². The fourth-order valence-corrected chi connectivity index (χ4v) is 2.49. The molecule has 106 valence electrons. The van der Waals surface area contributed by atoms with Crippen molar-refractivity contribution in [3.63, 3.8) is 0 Å². The number of sulfonamides is 2. The molecule has 0 fully saturated rings. The van der Waals surface area contributed by atoms with Crippen molar-refractivity contribution >= 4 is 43.1 Å². The highest BCUT2D eigenvalue weighted by atomic mass is 35.5. The van der Waals surface area contributed by atoms with Crippen LogP contribution in [0.15, 0.2) is 32.1 Å². The Kier molecular flexibility index (Phi) is 5.05. The molecule has 0 aliphatic heterocycles. The van der Waals surface area contributed by atoms with E-state index in [1.54, 1.807) is 0 Å². The fourth-order valence-electron chi connectivity index (χ4n) is 1.07. The Morgan fingerprint density at radius 1 is 1.00 bits per heavy atom. The lowest BCUT2D eigenvalue weighted by molar-refractivity contribution is 0.597. The van der Waals surface area contributed by atoms with Crippen molar-refractivity contribution in [2.45, 2.75) is 13.8 Å². The third-order valence-corrected chi connectivity index (χ3v) is 4.87. The number of rotatable bonds is 4. The van der Waals surface area contributed by atoms with E-state index in [0.717, 1.165) is 0 Å². The molecule has 0 saturated heterocycles. The molecule has 0 heterocycles. The van der Waals surface area contributed by atoms with Gasteiger partial charge in [0.1, 0.15) is 0 Å². The zero-order valence-electron chi connectivity index (χ0n) is 10.4. The molecule has 0 spiro atoms. The van der Waals surface area contributed by atoms with E-state index in [9.17, 15) is 16.8 Å². The smallest absolute Gasteiger partial charge is 0.205 e. The Labute approximate surface area is 117 Å². The number of nitrogens with zero attached hydrogens (tertiary/aromatic N) is 2. The van der Waals surface area contributed by atoms with Crippen LogP contribution in [0.25, 0.3) is 0 Å². The summed E-state index contributed by atoms with van der Waals surface area (Å²) in [6.45, 7) is 2.93. The summed E-state index contributed by atoms with van der Waals surface area (Å²) >= 11 is 5.85. The van der Waals surface area contributed by atoms with E-state index in [1.165, 1.54) is 32.1 Å². The lowest BCUT2D eigenvalue weighted by Crippen LogP contribution is -2.10. The minimum atomic E-state index is -3.56. The Bertz CT molecular complexity index is 685. The van der Waals surface area contributed by atoms with Crippen molar-refractivity contribution in [3.8, 4) is 0 Å². The van der Waals surface area contributed by atoms with Crippen molar-refractivity contribution < 1.29 is 16.8 Å². The van der Waals surface area contributed by atoms with Crippen LogP contribution >= 0.6 is 11.6 Å². The van der Waals surface area contributed by atoms with Gasteiger partial charge in [-0.1, -0.05) is 11.6 Å². The minimum absolute atomic E-state index is 0.0320. The van der Waals surface area contributed by atoms with Gasteiger partial charge in [-0.05, 0) is 32.1 Å². The average Bonchev–Trinajstić information content (AvgIpc) is 2.32. The fraction of sp³-hybridized carbons (Fsp3) is 0.400. The van der Waals surface area contributed by atoms with E-state index in [2.05, 4.69) is 8.80 Å². The van der Waals surface area contributed by atoms with E-state index < -0.39 is 20.0 Å². The molecule has 0 atom stereocenters. The maximum Gasteiger partial charge on any atom is 0.253 e. The van der Waals surface area contributed by atoms with Crippen molar-refractivity contribution in [1.82, 2.24) is 0 Å². The molecular formula is C10H13ClN2O4S2. The van der Waals surface area contributed by atoms with Gasteiger partial charge in [0.05, 0.1) is 28.0 Å². The SMILES string of the molecule is CCS(=O)(=O)N=C1C=CC(=NS(=O)(=O)CC)C(Cl)=C1. The van der Waals surface area contributed by atoms with E-state index in [1.807, 2.05) is 0 Å². The molecule has 1 aliphatic rings. The van der Waals surface area contributed by atoms with Gasteiger partial charge in [0.15, 0.2) is 0 Å². The van der Waals surface area contributed by atoms with Crippen LogP contribution in [0.5, 0.6) is 0 Å². The molecule has 0 N–H and O–H groups in total. The molecule has 0 aromatic carbocycles. The summed E-state index contributed by atoms with van der Waals surface area (Å²) in [5.41, 5.74) is 0.205. The summed E-state index contributed by atoms with van der Waals surface area (Å²) in [4.78, 5) is 0. The van der Waals surface area contributed by atoms with Crippen molar-refractivity contribution in [1.29, 1.82) is 0 Å². The highest BCUT2D eigenvalue weighted by Crippen LogP contribution is 2.14. The monoisotopic (exact) mass is 324 g/mol. The number of hydrogen-bond donors (Lipinski definition) is 0. The first-order valence-electron chi connectivity index (χ1n) is 5.40. The lowest BCUT2D eigenvalue weighted by Gasteiger charge is -2.06. The molecule has 9 heteroatoms. The van der Waals surface area contributed by atoms with Crippen molar-refractivity contribution in [2.24, 2.45) is 8.80 Å². The first-order chi connectivity index (χ1) is 8.69. The van der Waals surface area contributed by atoms with Crippen LogP contribution in [0.2, 0.25) is 0 Å². The highest BCUT2D eigenvalue weighted by Gasteiger charge is 2.14. The summed E-state index contributed by atoms with van der Waals surface area (Å²) in [6, 6.07) is 0. The number of halogens is 1. The Morgan fingerprint density at radius 3 is 2.00 bits per heavy atom. The first kappa shape index (κ1) is 16.1. The average molecular weight is 325 g/mol. The Morgan fingerprint density at radius 2 is 1.53 bits per heavy atom.